The fourth-order valence-corrected chi connectivity index (χ4v) is 2.98. The summed E-state index contributed by atoms with van der Waals surface area (Å²) >= 11 is 1.37. The molecule has 0 aromatic carbocycles. The van der Waals surface area contributed by atoms with Gasteiger partial charge in [-0.3, -0.25) is 4.99 Å². The van der Waals surface area contributed by atoms with Crippen LogP contribution in [0.1, 0.15) is 53.1 Å². The van der Waals surface area contributed by atoms with E-state index in [2.05, 4.69) is 20.6 Å². The number of carbonyl (C=O) groups is 1. The van der Waals surface area contributed by atoms with Gasteiger partial charge < -0.3 is 15.4 Å². The van der Waals surface area contributed by atoms with Crippen molar-refractivity contribution in [3.8, 4) is 0 Å². The summed E-state index contributed by atoms with van der Waals surface area (Å²) < 4.78 is 5.05. The van der Waals surface area contributed by atoms with Gasteiger partial charge in [0, 0.05) is 13.6 Å². The summed E-state index contributed by atoms with van der Waals surface area (Å²) in [7, 11) is 1.76. The summed E-state index contributed by atoms with van der Waals surface area (Å²) in [5.74, 6) is 1.25. The number of aliphatic imine (C=N–C) groups is 1. The van der Waals surface area contributed by atoms with Crippen molar-refractivity contribution in [3.05, 3.63) is 15.6 Å². The molecule has 6 nitrogen and oxygen atoms in total. The Morgan fingerprint density at radius 3 is 2.78 bits per heavy atom. The molecular formula is C15H25IN4O2S. The number of thiazole rings is 1. The lowest BCUT2D eigenvalue weighted by Crippen LogP contribution is -2.39. The first-order valence-corrected chi connectivity index (χ1v) is 8.48. The van der Waals surface area contributed by atoms with Gasteiger partial charge in [0.25, 0.3) is 0 Å². The Morgan fingerprint density at radius 1 is 1.52 bits per heavy atom. The number of hydrogen-bond donors (Lipinski definition) is 2. The van der Waals surface area contributed by atoms with E-state index in [0.29, 0.717) is 17.2 Å². The highest BCUT2D eigenvalue weighted by Crippen LogP contribution is 2.27. The fourth-order valence-electron chi connectivity index (χ4n) is 2.01. The lowest BCUT2D eigenvalue weighted by molar-refractivity contribution is 0.0531. The molecule has 2 N–H and O–H groups in total. The second-order valence-electron chi connectivity index (χ2n) is 5.45. The molecular weight excluding hydrogens is 427 g/mol. The molecule has 0 amide bonds. The van der Waals surface area contributed by atoms with Crippen LogP contribution in [-0.4, -0.2) is 37.1 Å². The number of aryl methyl sites for hydroxylation is 1. The summed E-state index contributed by atoms with van der Waals surface area (Å²) in [5.41, 5.74) is 0.716. The highest BCUT2D eigenvalue weighted by atomic mass is 127. The minimum Gasteiger partial charge on any atom is -0.462 e. The van der Waals surface area contributed by atoms with Crippen molar-refractivity contribution in [2.24, 2.45) is 10.9 Å². The Hall–Kier alpha value is -0.900. The van der Waals surface area contributed by atoms with Crippen LogP contribution in [0, 0.1) is 12.8 Å². The molecule has 1 fully saturated rings. The Labute approximate surface area is 158 Å². The molecule has 1 saturated carbocycles. The van der Waals surface area contributed by atoms with E-state index in [1.807, 2.05) is 13.8 Å². The average molecular weight is 452 g/mol. The van der Waals surface area contributed by atoms with Crippen LogP contribution in [0.15, 0.2) is 4.99 Å². The average Bonchev–Trinajstić information content (AvgIpc) is 3.24. The summed E-state index contributed by atoms with van der Waals surface area (Å²) in [4.78, 5) is 21.1. The maximum Gasteiger partial charge on any atom is 0.350 e. The third-order valence-corrected chi connectivity index (χ3v) is 4.80. The number of aromatic nitrogens is 1. The molecule has 8 heteroatoms. The number of hydrogen-bond acceptors (Lipinski definition) is 5. The Bertz CT molecular complexity index is 558. The number of esters is 1. The van der Waals surface area contributed by atoms with Crippen molar-refractivity contribution in [2.45, 2.75) is 39.7 Å². The first kappa shape index (κ1) is 20.1. The number of nitrogens with one attached hydrogen (secondary N) is 2. The second kappa shape index (κ2) is 9.41. The van der Waals surface area contributed by atoms with Crippen molar-refractivity contribution in [3.63, 3.8) is 0 Å². The minimum atomic E-state index is -0.299. The first-order chi connectivity index (χ1) is 10.5. The van der Waals surface area contributed by atoms with Gasteiger partial charge in [-0.05, 0) is 39.5 Å². The molecule has 1 atom stereocenters. The minimum absolute atomic E-state index is 0. The molecule has 1 aliphatic carbocycles. The van der Waals surface area contributed by atoms with E-state index in [4.69, 9.17) is 4.74 Å². The number of rotatable bonds is 6. The van der Waals surface area contributed by atoms with Crippen molar-refractivity contribution in [2.75, 3.05) is 20.2 Å². The van der Waals surface area contributed by atoms with E-state index in [1.165, 1.54) is 24.2 Å². The second-order valence-corrected chi connectivity index (χ2v) is 6.48. The van der Waals surface area contributed by atoms with Gasteiger partial charge in [-0.1, -0.05) is 0 Å². The van der Waals surface area contributed by atoms with Gasteiger partial charge in [0.15, 0.2) is 5.96 Å². The predicted molar refractivity (Wildman–Crippen MR) is 104 cm³/mol. The monoisotopic (exact) mass is 452 g/mol. The van der Waals surface area contributed by atoms with Gasteiger partial charge in [0.2, 0.25) is 0 Å². The molecule has 0 aliphatic heterocycles. The molecule has 1 aromatic rings. The van der Waals surface area contributed by atoms with Crippen LogP contribution in [0.25, 0.3) is 0 Å². The predicted octanol–water partition coefficient (Wildman–Crippen LogP) is 2.88. The molecule has 1 heterocycles. The summed E-state index contributed by atoms with van der Waals surface area (Å²) in [5, 5.41) is 7.49. The lowest BCUT2D eigenvalue weighted by atomic mass is 10.3. The number of ether oxygens (including phenoxy) is 1. The van der Waals surface area contributed by atoms with Crippen LogP contribution in [0.3, 0.4) is 0 Å². The largest absolute Gasteiger partial charge is 0.462 e. The molecule has 2 rings (SSSR count). The van der Waals surface area contributed by atoms with Crippen LogP contribution < -0.4 is 10.6 Å². The van der Waals surface area contributed by atoms with Crippen molar-refractivity contribution in [1.82, 2.24) is 15.6 Å². The van der Waals surface area contributed by atoms with Crippen LogP contribution in [0.5, 0.6) is 0 Å². The zero-order valence-corrected chi connectivity index (χ0v) is 17.2. The zero-order chi connectivity index (χ0) is 16.1. The van der Waals surface area contributed by atoms with Crippen LogP contribution in [-0.2, 0) is 4.74 Å². The van der Waals surface area contributed by atoms with Crippen LogP contribution in [0.2, 0.25) is 0 Å². The van der Waals surface area contributed by atoms with Gasteiger partial charge in [0.1, 0.15) is 9.88 Å². The smallest absolute Gasteiger partial charge is 0.350 e. The number of halogens is 1. The normalized spacial score (nSPS) is 15.6. The molecule has 1 aliphatic rings. The molecule has 0 spiro atoms. The molecule has 130 valence electrons. The number of nitrogens with zero attached hydrogens (tertiary/aromatic N) is 2. The third-order valence-electron chi connectivity index (χ3n) is 3.48. The van der Waals surface area contributed by atoms with Crippen LogP contribution in [0.4, 0.5) is 0 Å². The van der Waals surface area contributed by atoms with Crippen LogP contribution >= 0.6 is 35.3 Å². The van der Waals surface area contributed by atoms with Gasteiger partial charge in [-0.2, -0.15) is 0 Å². The first-order valence-electron chi connectivity index (χ1n) is 7.66. The zero-order valence-electron chi connectivity index (χ0n) is 14.0. The third kappa shape index (κ3) is 5.91. The molecule has 0 saturated heterocycles. The van der Waals surface area contributed by atoms with E-state index in [9.17, 15) is 4.79 Å². The van der Waals surface area contributed by atoms with E-state index in [1.54, 1.807) is 14.0 Å². The highest BCUT2D eigenvalue weighted by Gasteiger charge is 2.22. The SMILES string of the molecule is CCOC(=O)c1sc(C(C)NC(=NC)NCC2CC2)nc1C.I. The number of guanidine groups is 1. The Kier molecular flexibility index (Phi) is 8.24. The van der Waals surface area contributed by atoms with Crippen molar-refractivity contribution >= 4 is 47.2 Å². The molecule has 23 heavy (non-hydrogen) atoms. The fraction of sp³-hybridized carbons (Fsp3) is 0.667. The summed E-state index contributed by atoms with van der Waals surface area (Å²) in [6, 6.07) is -0.0164. The number of carbonyl (C=O) groups excluding carboxylic acids is 1. The van der Waals surface area contributed by atoms with Gasteiger partial charge in [0.05, 0.1) is 18.3 Å². The Balaban J connectivity index is 0.00000264. The maximum absolute atomic E-state index is 11.9. The Morgan fingerprint density at radius 2 is 2.22 bits per heavy atom. The topological polar surface area (TPSA) is 75.6 Å². The quantitative estimate of drug-likeness (QED) is 0.301. The molecule has 1 aromatic heterocycles. The van der Waals surface area contributed by atoms with Gasteiger partial charge in [-0.25, -0.2) is 9.78 Å². The van der Waals surface area contributed by atoms with Crippen molar-refractivity contribution < 1.29 is 9.53 Å². The summed E-state index contributed by atoms with van der Waals surface area (Å²) in [6.45, 7) is 6.97. The standard InChI is InChI=1S/C15H24N4O2S.HI/c1-5-21-14(20)12-9(2)18-13(22-12)10(3)19-15(16-4)17-8-11-6-7-11;/h10-11H,5-8H2,1-4H3,(H2,16,17,19);1H. The van der Waals surface area contributed by atoms with E-state index in [0.717, 1.165) is 23.4 Å². The van der Waals surface area contributed by atoms with E-state index < -0.39 is 0 Å². The highest BCUT2D eigenvalue weighted by molar-refractivity contribution is 14.0. The summed E-state index contributed by atoms with van der Waals surface area (Å²) in [6.07, 6.45) is 2.60. The lowest BCUT2D eigenvalue weighted by Gasteiger charge is -2.16. The molecule has 0 bridgehead atoms. The van der Waals surface area contributed by atoms with Gasteiger partial charge in [-0.15, -0.1) is 35.3 Å². The van der Waals surface area contributed by atoms with E-state index in [-0.39, 0.29) is 36.0 Å². The van der Waals surface area contributed by atoms with Crippen molar-refractivity contribution in [1.29, 1.82) is 0 Å². The maximum atomic E-state index is 11.9. The molecule has 0 radical (unpaired) electrons. The van der Waals surface area contributed by atoms with Gasteiger partial charge >= 0.3 is 5.97 Å². The molecule has 1 unspecified atom stereocenters. The van der Waals surface area contributed by atoms with E-state index >= 15 is 0 Å².